The number of rotatable bonds is 4. The van der Waals surface area contributed by atoms with Crippen LogP contribution in [0.15, 0.2) is 0 Å². The van der Waals surface area contributed by atoms with E-state index in [0.717, 1.165) is 12.0 Å². The Morgan fingerprint density at radius 2 is 1.79 bits per heavy atom. The van der Waals surface area contributed by atoms with Crippen LogP contribution in [0.2, 0.25) is 0 Å². The fourth-order valence-electron chi connectivity index (χ4n) is 5.55. The van der Waals surface area contributed by atoms with E-state index in [1.165, 1.54) is 97.8 Å². The van der Waals surface area contributed by atoms with Crippen LogP contribution in [0, 0.1) is 11.3 Å². The van der Waals surface area contributed by atoms with Crippen molar-refractivity contribution in [2.24, 2.45) is 11.3 Å². The van der Waals surface area contributed by atoms with Gasteiger partial charge in [-0.3, -0.25) is 4.90 Å². The summed E-state index contributed by atoms with van der Waals surface area (Å²) in [5, 5.41) is 7.30. The lowest BCUT2D eigenvalue weighted by molar-refractivity contribution is 0.0698. The van der Waals surface area contributed by atoms with Crippen molar-refractivity contribution in [1.29, 1.82) is 0 Å². The Morgan fingerprint density at radius 1 is 0.958 bits per heavy atom. The summed E-state index contributed by atoms with van der Waals surface area (Å²) in [6.07, 6.45) is 4.17. The average Bonchev–Trinajstić information content (AvgIpc) is 3.26. The van der Waals surface area contributed by atoms with E-state index in [2.05, 4.69) is 32.3 Å². The second-order valence-corrected chi connectivity index (χ2v) is 8.70. The van der Waals surface area contributed by atoms with E-state index in [1.54, 1.807) is 0 Å². The van der Waals surface area contributed by atoms with Crippen molar-refractivity contribution in [2.45, 2.75) is 32.2 Å². The van der Waals surface area contributed by atoms with E-state index < -0.39 is 0 Å². The Hall–Kier alpha value is -0.200. The molecule has 3 unspecified atom stereocenters. The van der Waals surface area contributed by atoms with Gasteiger partial charge in [0.15, 0.2) is 0 Å². The second-order valence-electron chi connectivity index (χ2n) is 8.70. The van der Waals surface area contributed by atoms with E-state index in [4.69, 9.17) is 0 Å². The third-order valence-corrected chi connectivity index (χ3v) is 7.26. The summed E-state index contributed by atoms with van der Waals surface area (Å²) < 4.78 is 0. The van der Waals surface area contributed by atoms with Gasteiger partial charge < -0.3 is 20.4 Å². The summed E-state index contributed by atoms with van der Waals surface area (Å²) in [5.41, 5.74) is 0.606. The molecule has 1 spiro atoms. The third-order valence-electron chi connectivity index (χ3n) is 7.26. The Kier molecular flexibility index (Phi) is 5.44. The molecule has 2 N–H and O–H groups in total. The fourth-order valence-corrected chi connectivity index (χ4v) is 5.55. The molecular formula is C19H37N5. The van der Waals surface area contributed by atoms with Crippen molar-refractivity contribution in [3.8, 4) is 0 Å². The zero-order valence-electron chi connectivity index (χ0n) is 15.6. The number of hydrogen-bond acceptors (Lipinski definition) is 5. The predicted octanol–water partition coefficient (Wildman–Crippen LogP) is 0.287. The van der Waals surface area contributed by atoms with Crippen LogP contribution in [0.3, 0.4) is 0 Å². The molecule has 0 aromatic heterocycles. The molecule has 0 radical (unpaired) electrons. The van der Waals surface area contributed by atoms with Crippen molar-refractivity contribution in [3.63, 3.8) is 0 Å². The highest BCUT2D eigenvalue weighted by Crippen LogP contribution is 2.38. The smallest absolute Gasteiger partial charge is 0.0261 e. The molecule has 4 fully saturated rings. The Labute approximate surface area is 148 Å². The van der Waals surface area contributed by atoms with E-state index >= 15 is 0 Å². The molecule has 3 atom stereocenters. The molecule has 0 aromatic carbocycles. The van der Waals surface area contributed by atoms with E-state index in [9.17, 15) is 0 Å². The number of nitrogens with zero attached hydrogens (tertiary/aromatic N) is 3. The molecular weight excluding hydrogens is 298 g/mol. The maximum Gasteiger partial charge on any atom is 0.0261 e. The number of likely N-dealkylation sites (N-methyl/N-ethyl adjacent to an activating group) is 1. The van der Waals surface area contributed by atoms with Crippen molar-refractivity contribution >= 4 is 0 Å². The monoisotopic (exact) mass is 335 g/mol. The lowest BCUT2D eigenvalue weighted by Gasteiger charge is -2.43. The van der Waals surface area contributed by atoms with Crippen LogP contribution >= 0.6 is 0 Å². The Morgan fingerprint density at radius 3 is 2.54 bits per heavy atom. The Bertz CT molecular complexity index is 401. The van der Waals surface area contributed by atoms with Gasteiger partial charge in [0.1, 0.15) is 0 Å². The highest BCUT2D eigenvalue weighted by atomic mass is 15.3. The average molecular weight is 336 g/mol. The van der Waals surface area contributed by atoms with Gasteiger partial charge in [-0.2, -0.15) is 0 Å². The molecule has 0 bridgehead atoms. The van der Waals surface area contributed by atoms with Gasteiger partial charge in [0.25, 0.3) is 0 Å². The first-order valence-electron chi connectivity index (χ1n) is 10.4. The maximum atomic E-state index is 3.69. The van der Waals surface area contributed by atoms with Gasteiger partial charge in [0, 0.05) is 58.4 Å². The highest BCUT2D eigenvalue weighted by Gasteiger charge is 2.44. The molecule has 5 heteroatoms. The molecule has 0 aromatic rings. The first-order chi connectivity index (χ1) is 11.8. The zero-order chi connectivity index (χ0) is 16.4. The van der Waals surface area contributed by atoms with Gasteiger partial charge in [0.2, 0.25) is 0 Å². The van der Waals surface area contributed by atoms with Crippen molar-refractivity contribution in [1.82, 2.24) is 25.3 Å². The fraction of sp³-hybridized carbons (Fsp3) is 1.00. The number of hydrogen-bond donors (Lipinski definition) is 2. The number of likely N-dealkylation sites (tertiary alicyclic amines) is 1. The van der Waals surface area contributed by atoms with E-state index in [-0.39, 0.29) is 0 Å². The standard InChI is InChI=1S/C19H37N5/c1-2-22-9-11-23(12-10-22)14-17-3-6-20-13-18(17)24-8-5-19(16-24)4-7-21-15-19/h17-18,20-21H,2-16H2,1H3. The van der Waals surface area contributed by atoms with Crippen LogP contribution in [-0.2, 0) is 0 Å². The van der Waals surface area contributed by atoms with E-state index in [0.29, 0.717) is 5.41 Å². The maximum absolute atomic E-state index is 3.69. The van der Waals surface area contributed by atoms with Gasteiger partial charge in [-0.05, 0) is 56.8 Å². The highest BCUT2D eigenvalue weighted by molar-refractivity contribution is 5.00. The summed E-state index contributed by atoms with van der Waals surface area (Å²) >= 11 is 0. The summed E-state index contributed by atoms with van der Waals surface area (Å²) in [6, 6.07) is 0.767. The quantitative estimate of drug-likeness (QED) is 0.772. The molecule has 138 valence electrons. The second kappa shape index (κ2) is 7.58. The molecule has 24 heavy (non-hydrogen) atoms. The van der Waals surface area contributed by atoms with Crippen LogP contribution in [0.25, 0.3) is 0 Å². The topological polar surface area (TPSA) is 33.8 Å². The van der Waals surface area contributed by atoms with Crippen molar-refractivity contribution in [2.75, 3.05) is 78.5 Å². The van der Waals surface area contributed by atoms with Crippen molar-refractivity contribution < 1.29 is 0 Å². The first kappa shape index (κ1) is 17.2. The SMILES string of the molecule is CCN1CCN(CC2CCNCC2N2CCC3(CCNC3)C2)CC1. The number of piperazine rings is 1. The molecule has 4 aliphatic heterocycles. The summed E-state index contributed by atoms with van der Waals surface area (Å²) in [6.45, 7) is 17.5. The molecule has 0 amide bonds. The van der Waals surface area contributed by atoms with Crippen molar-refractivity contribution in [3.05, 3.63) is 0 Å². The lowest BCUT2D eigenvalue weighted by Crippen LogP contribution is -2.55. The lowest BCUT2D eigenvalue weighted by atomic mass is 9.86. The summed E-state index contributed by atoms with van der Waals surface area (Å²) in [7, 11) is 0. The van der Waals surface area contributed by atoms with Gasteiger partial charge in [-0.25, -0.2) is 0 Å². The number of piperidine rings is 1. The first-order valence-corrected chi connectivity index (χ1v) is 10.4. The van der Waals surface area contributed by atoms with Crippen LogP contribution in [0.1, 0.15) is 26.2 Å². The molecule has 4 saturated heterocycles. The van der Waals surface area contributed by atoms with Crippen LogP contribution in [0.5, 0.6) is 0 Å². The third kappa shape index (κ3) is 3.65. The molecule has 5 nitrogen and oxygen atoms in total. The van der Waals surface area contributed by atoms with Crippen LogP contribution in [-0.4, -0.2) is 99.3 Å². The number of nitrogens with one attached hydrogen (secondary N) is 2. The minimum atomic E-state index is 0.606. The minimum Gasteiger partial charge on any atom is -0.316 e. The van der Waals surface area contributed by atoms with Gasteiger partial charge >= 0.3 is 0 Å². The van der Waals surface area contributed by atoms with Gasteiger partial charge in [-0.1, -0.05) is 6.92 Å². The molecule has 4 heterocycles. The molecule has 4 aliphatic rings. The molecule has 0 aliphatic carbocycles. The summed E-state index contributed by atoms with van der Waals surface area (Å²) in [4.78, 5) is 8.19. The molecule has 0 saturated carbocycles. The van der Waals surface area contributed by atoms with Gasteiger partial charge in [0.05, 0.1) is 0 Å². The normalized spacial score (nSPS) is 39.9. The van der Waals surface area contributed by atoms with Crippen LogP contribution < -0.4 is 10.6 Å². The minimum absolute atomic E-state index is 0.606. The van der Waals surface area contributed by atoms with E-state index in [1.807, 2.05) is 0 Å². The molecule has 4 rings (SSSR count). The Balaban J connectivity index is 1.33. The summed E-state index contributed by atoms with van der Waals surface area (Å²) in [5.74, 6) is 0.865. The predicted molar refractivity (Wildman–Crippen MR) is 99.4 cm³/mol. The largest absolute Gasteiger partial charge is 0.316 e. The van der Waals surface area contributed by atoms with Crippen LogP contribution in [0.4, 0.5) is 0 Å². The zero-order valence-corrected chi connectivity index (χ0v) is 15.6. The van der Waals surface area contributed by atoms with Gasteiger partial charge in [-0.15, -0.1) is 0 Å².